The number of nitrogens with one attached hydrogen (secondary N) is 3. The van der Waals surface area contributed by atoms with Gasteiger partial charge >= 0.3 is 0 Å². The molecule has 2 amide bonds. The van der Waals surface area contributed by atoms with Crippen LogP contribution in [0.3, 0.4) is 0 Å². The zero-order chi connectivity index (χ0) is 17.3. The van der Waals surface area contributed by atoms with Crippen LogP contribution in [0.1, 0.15) is 46.6 Å². The lowest BCUT2D eigenvalue weighted by atomic mass is 9.97. The van der Waals surface area contributed by atoms with Gasteiger partial charge in [-0.05, 0) is 49.0 Å². The number of hydrogen-bond donors (Lipinski definition) is 3. The molecule has 0 saturated heterocycles. The molecule has 1 aromatic carbocycles. The SMILES string of the molecule is CNc1snc(C)c1C(=O)N[C@H](C)c1ccc2c(c1)CCC(=O)N2. The van der Waals surface area contributed by atoms with Crippen molar-refractivity contribution in [3.63, 3.8) is 0 Å². The molecule has 3 rings (SSSR count). The number of aromatic nitrogens is 1. The number of carbonyl (C=O) groups is 2. The first-order chi connectivity index (χ1) is 11.5. The molecule has 1 aromatic heterocycles. The zero-order valence-corrected chi connectivity index (χ0v) is 14.7. The van der Waals surface area contributed by atoms with Crippen LogP contribution >= 0.6 is 11.5 Å². The fraction of sp³-hybridized carbons (Fsp3) is 0.353. The highest BCUT2D eigenvalue weighted by molar-refractivity contribution is 7.10. The number of aryl methyl sites for hydroxylation is 2. The molecule has 1 atom stereocenters. The van der Waals surface area contributed by atoms with Crippen LogP contribution in [0.4, 0.5) is 10.7 Å². The van der Waals surface area contributed by atoms with Crippen LogP contribution < -0.4 is 16.0 Å². The first kappa shape index (κ1) is 16.4. The Labute approximate surface area is 144 Å². The molecule has 0 fully saturated rings. The van der Waals surface area contributed by atoms with E-state index in [1.165, 1.54) is 11.5 Å². The summed E-state index contributed by atoms with van der Waals surface area (Å²) < 4.78 is 4.23. The first-order valence-electron chi connectivity index (χ1n) is 7.87. The normalized spacial score (nSPS) is 14.5. The molecular weight excluding hydrogens is 324 g/mol. The highest BCUT2D eigenvalue weighted by Crippen LogP contribution is 2.27. The van der Waals surface area contributed by atoms with E-state index < -0.39 is 0 Å². The second-order valence-corrected chi connectivity index (χ2v) is 6.66. The molecule has 0 radical (unpaired) electrons. The topological polar surface area (TPSA) is 83.1 Å². The summed E-state index contributed by atoms with van der Waals surface area (Å²) in [6.45, 7) is 3.79. The van der Waals surface area contributed by atoms with Crippen molar-refractivity contribution in [2.24, 2.45) is 0 Å². The van der Waals surface area contributed by atoms with Crippen molar-refractivity contribution in [2.45, 2.75) is 32.7 Å². The fourth-order valence-corrected chi connectivity index (χ4v) is 3.58. The number of nitrogens with zero attached hydrogens (tertiary/aromatic N) is 1. The molecule has 1 aliphatic rings. The summed E-state index contributed by atoms with van der Waals surface area (Å²) in [7, 11) is 1.78. The minimum Gasteiger partial charge on any atom is -0.378 e. The minimum absolute atomic E-state index is 0.0524. The van der Waals surface area contributed by atoms with E-state index >= 15 is 0 Å². The average molecular weight is 344 g/mol. The van der Waals surface area contributed by atoms with Gasteiger partial charge in [0.25, 0.3) is 5.91 Å². The van der Waals surface area contributed by atoms with E-state index in [-0.39, 0.29) is 17.9 Å². The molecule has 2 aromatic rings. The van der Waals surface area contributed by atoms with Gasteiger partial charge in [0.15, 0.2) is 0 Å². The lowest BCUT2D eigenvalue weighted by Gasteiger charge is -2.20. The molecule has 0 saturated carbocycles. The van der Waals surface area contributed by atoms with E-state index in [9.17, 15) is 9.59 Å². The quantitative estimate of drug-likeness (QED) is 0.796. The highest BCUT2D eigenvalue weighted by Gasteiger charge is 2.21. The second kappa shape index (κ2) is 6.60. The van der Waals surface area contributed by atoms with E-state index in [1.54, 1.807) is 7.05 Å². The van der Waals surface area contributed by atoms with Gasteiger partial charge < -0.3 is 16.0 Å². The van der Waals surface area contributed by atoms with E-state index in [2.05, 4.69) is 26.4 Å². The van der Waals surface area contributed by atoms with E-state index in [4.69, 9.17) is 0 Å². The summed E-state index contributed by atoms with van der Waals surface area (Å²) >= 11 is 1.28. The van der Waals surface area contributed by atoms with Gasteiger partial charge in [-0.15, -0.1) is 0 Å². The smallest absolute Gasteiger partial charge is 0.256 e. The Kier molecular flexibility index (Phi) is 4.53. The zero-order valence-electron chi connectivity index (χ0n) is 13.9. The van der Waals surface area contributed by atoms with Gasteiger partial charge in [-0.2, -0.15) is 4.37 Å². The summed E-state index contributed by atoms with van der Waals surface area (Å²) in [6.07, 6.45) is 1.23. The van der Waals surface area contributed by atoms with Gasteiger partial charge in [0.2, 0.25) is 5.91 Å². The van der Waals surface area contributed by atoms with Gasteiger partial charge in [0.1, 0.15) is 5.00 Å². The summed E-state index contributed by atoms with van der Waals surface area (Å²) in [5.41, 5.74) is 4.31. The van der Waals surface area contributed by atoms with Crippen molar-refractivity contribution in [1.29, 1.82) is 0 Å². The standard InChI is InChI=1S/C17H20N4O2S/c1-9(19-16(23)15-10(2)21-24-17(15)18-3)11-4-6-13-12(8-11)5-7-14(22)20-13/h4,6,8-9,18H,5,7H2,1-3H3,(H,19,23)(H,20,22)/t9-/m1/s1. The summed E-state index contributed by atoms with van der Waals surface area (Å²) in [6, 6.07) is 5.76. The molecule has 3 N–H and O–H groups in total. The third kappa shape index (κ3) is 3.12. The maximum Gasteiger partial charge on any atom is 0.256 e. The maximum atomic E-state index is 12.6. The number of anilines is 2. The third-order valence-corrected chi connectivity index (χ3v) is 5.15. The molecule has 24 heavy (non-hydrogen) atoms. The van der Waals surface area contributed by atoms with Crippen molar-refractivity contribution >= 4 is 34.0 Å². The Morgan fingerprint density at radius 1 is 1.38 bits per heavy atom. The Bertz CT molecular complexity index is 800. The number of fused-ring (bicyclic) bond motifs is 1. The molecule has 2 heterocycles. The van der Waals surface area contributed by atoms with E-state index in [1.807, 2.05) is 26.0 Å². The predicted octanol–water partition coefficient (Wildman–Crippen LogP) is 2.87. The Morgan fingerprint density at radius 3 is 2.92 bits per heavy atom. The number of benzene rings is 1. The van der Waals surface area contributed by atoms with Crippen LogP contribution in [0.2, 0.25) is 0 Å². The Hall–Kier alpha value is -2.41. The van der Waals surface area contributed by atoms with Gasteiger partial charge in [-0.1, -0.05) is 12.1 Å². The van der Waals surface area contributed by atoms with Gasteiger partial charge in [0, 0.05) is 19.2 Å². The molecule has 0 bridgehead atoms. The summed E-state index contributed by atoms with van der Waals surface area (Å²) in [5, 5.41) is 9.68. The number of carbonyl (C=O) groups excluding carboxylic acids is 2. The van der Waals surface area contributed by atoms with Crippen LogP contribution in [0.25, 0.3) is 0 Å². The lowest BCUT2D eigenvalue weighted by molar-refractivity contribution is -0.116. The number of rotatable bonds is 4. The fourth-order valence-electron chi connectivity index (χ4n) is 2.83. The van der Waals surface area contributed by atoms with Gasteiger partial charge in [0.05, 0.1) is 17.3 Å². The van der Waals surface area contributed by atoms with Crippen LogP contribution in [-0.2, 0) is 11.2 Å². The monoisotopic (exact) mass is 344 g/mol. The molecule has 0 spiro atoms. The minimum atomic E-state index is -0.135. The molecule has 0 unspecified atom stereocenters. The lowest BCUT2D eigenvalue weighted by Crippen LogP contribution is -2.28. The van der Waals surface area contributed by atoms with Crippen molar-refractivity contribution in [1.82, 2.24) is 9.69 Å². The molecule has 1 aliphatic heterocycles. The summed E-state index contributed by atoms with van der Waals surface area (Å²) in [4.78, 5) is 24.0. The highest BCUT2D eigenvalue weighted by atomic mass is 32.1. The van der Waals surface area contributed by atoms with Crippen LogP contribution in [0, 0.1) is 6.92 Å². The van der Waals surface area contributed by atoms with Crippen molar-refractivity contribution in [3.8, 4) is 0 Å². The molecular formula is C17H20N4O2S. The second-order valence-electron chi connectivity index (χ2n) is 5.88. The summed E-state index contributed by atoms with van der Waals surface area (Å²) in [5.74, 6) is -0.0826. The van der Waals surface area contributed by atoms with Crippen molar-refractivity contribution < 1.29 is 9.59 Å². The van der Waals surface area contributed by atoms with Crippen LogP contribution in [0.5, 0.6) is 0 Å². The molecule has 6 nitrogen and oxygen atoms in total. The largest absolute Gasteiger partial charge is 0.378 e. The molecule has 0 aliphatic carbocycles. The number of hydrogen-bond acceptors (Lipinski definition) is 5. The van der Waals surface area contributed by atoms with Crippen LogP contribution in [0.15, 0.2) is 18.2 Å². The number of amides is 2. The first-order valence-corrected chi connectivity index (χ1v) is 8.64. The van der Waals surface area contributed by atoms with Gasteiger partial charge in [-0.25, -0.2) is 0 Å². The van der Waals surface area contributed by atoms with Gasteiger partial charge in [-0.3, -0.25) is 9.59 Å². The van der Waals surface area contributed by atoms with E-state index in [0.29, 0.717) is 12.0 Å². The van der Waals surface area contributed by atoms with E-state index in [0.717, 1.165) is 33.9 Å². The third-order valence-electron chi connectivity index (χ3n) is 4.19. The molecule has 126 valence electrons. The predicted molar refractivity (Wildman–Crippen MR) is 95.7 cm³/mol. The van der Waals surface area contributed by atoms with Crippen molar-refractivity contribution in [2.75, 3.05) is 17.7 Å². The molecule has 7 heteroatoms. The maximum absolute atomic E-state index is 12.6. The van der Waals surface area contributed by atoms with Crippen LogP contribution in [-0.4, -0.2) is 23.2 Å². The Balaban J connectivity index is 1.77. The van der Waals surface area contributed by atoms with Crippen molar-refractivity contribution in [3.05, 3.63) is 40.6 Å². The average Bonchev–Trinajstić information content (AvgIpc) is 2.95. The Morgan fingerprint density at radius 2 is 2.17 bits per heavy atom.